The van der Waals surface area contributed by atoms with Crippen LogP contribution in [0.5, 0.6) is 0 Å². The van der Waals surface area contributed by atoms with Gasteiger partial charge in [-0.25, -0.2) is 0 Å². The van der Waals surface area contributed by atoms with Crippen molar-refractivity contribution in [2.24, 2.45) is 11.3 Å². The number of hydrogen-bond donors (Lipinski definition) is 1. The molecule has 1 aromatic rings. The Labute approximate surface area is 132 Å². The highest BCUT2D eigenvalue weighted by atomic mass is 31.0. The first kappa shape index (κ1) is 15.5. The van der Waals surface area contributed by atoms with Crippen molar-refractivity contribution in [3.8, 4) is 0 Å². The van der Waals surface area contributed by atoms with Crippen LogP contribution in [0, 0.1) is 11.3 Å². The molecule has 2 aliphatic rings. The highest BCUT2D eigenvalue weighted by molar-refractivity contribution is 7.13. The van der Waals surface area contributed by atoms with Crippen molar-refractivity contribution in [3.63, 3.8) is 0 Å². The fourth-order valence-electron chi connectivity index (χ4n) is 4.85. The number of hydrogen-bond acceptors (Lipinski definition) is 1. The van der Waals surface area contributed by atoms with E-state index in [1.165, 1.54) is 37.7 Å². The molecule has 0 amide bonds. The van der Waals surface area contributed by atoms with E-state index < -0.39 is 0 Å². The van der Waals surface area contributed by atoms with Crippen molar-refractivity contribution >= 4 is 9.39 Å². The first-order chi connectivity index (χ1) is 10.0. The molecular weight excluding hydrogens is 273 g/mol. The van der Waals surface area contributed by atoms with Gasteiger partial charge >= 0.3 is 0 Å². The molecule has 1 fully saturated rings. The monoisotopic (exact) mass is 303 g/mol. The van der Waals surface area contributed by atoms with Gasteiger partial charge in [-0.3, -0.25) is 0 Å². The number of rotatable bonds is 3. The van der Waals surface area contributed by atoms with E-state index >= 15 is 0 Å². The molecular formula is C19H30NP. The van der Waals surface area contributed by atoms with Crippen LogP contribution < -0.4 is 5.09 Å². The lowest BCUT2D eigenvalue weighted by atomic mass is 9.57. The number of fused-ring (bicyclic) bond motifs is 3. The maximum absolute atomic E-state index is 3.38. The van der Waals surface area contributed by atoms with Crippen LogP contribution in [0.2, 0.25) is 0 Å². The zero-order chi connectivity index (χ0) is 15.0. The zero-order valence-corrected chi connectivity index (χ0v) is 14.9. The Balaban J connectivity index is 1.93. The van der Waals surface area contributed by atoms with Crippen molar-refractivity contribution in [2.45, 2.75) is 64.7 Å². The molecule has 1 aromatic carbocycles. The Morgan fingerprint density at radius 1 is 1.33 bits per heavy atom. The SMILES string of the molecule is CC(C)c1ccc2c(c1)CCC1C2CCCC1(C)CNP. The highest BCUT2D eigenvalue weighted by Crippen LogP contribution is 2.53. The summed E-state index contributed by atoms with van der Waals surface area (Å²) in [6.07, 6.45) is 6.82. The van der Waals surface area contributed by atoms with Gasteiger partial charge in [0.2, 0.25) is 0 Å². The first-order valence-corrected chi connectivity index (χ1v) is 9.19. The fourth-order valence-corrected chi connectivity index (χ4v) is 5.31. The largest absolute Gasteiger partial charge is 0.300 e. The molecule has 0 bridgehead atoms. The minimum Gasteiger partial charge on any atom is -0.300 e. The summed E-state index contributed by atoms with van der Waals surface area (Å²) in [6, 6.07) is 7.34. The van der Waals surface area contributed by atoms with Gasteiger partial charge in [-0.05, 0) is 65.5 Å². The number of aryl methyl sites for hydroxylation is 1. The first-order valence-electron chi connectivity index (χ1n) is 8.61. The zero-order valence-electron chi connectivity index (χ0n) is 13.8. The molecule has 4 unspecified atom stereocenters. The van der Waals surface area contributed by atoms with Crippen LogP contribution in [-0.4, -0.2) is 6.54 Å². The summed E-state index contributed by atoms with van der Waals surface area (Å²) in [6.45, 7) is 8.25. The van der Waals surface area contributed by atoms with E-state index in [2.05, 4.69) is 53.4 Å². The van der Waals surface area contributed by atoms with E-state index in [0.717, 1.165) is 18.4 Å². The maximum Gasteiger partial charge on any atom is 0.00425 e. The third kappa shape index (κ3) is 2.80. The summed E-state index contributed by atoms with van der Waals surface area (Å²) in [5.74, 6) is 2.30. The predicted molar refractivity (Wildman–Crippen MR) is 94.8 cm³/mol. The second-order valence-electron chi connectivity index (χ2n) is 7.79. The van der Waals surface area contributed by atoms with Crippen LogP contribution in [0.3, 0.4) is 0 Å². The molecule has 1 saturated carbocycles. The van der Waals surface area contributed by atoms with Gasteiger partial charge in [-0.15, -0.1) is 0 Å². The van der Waals surface area contributed by atoms with Gasteiger partial charge in [0.15, 0.2) is 0 Å². The van der Waals surface area contributed by atoms with E-state index in [-0.39, 0.29) is 0 Å². The normalized spacial score (nSPS) is 31.9. The molecule has 21 heavy (non-hydrogen) atoms. The fraction of sp³-hybridized carbons (Fsp3) is 0.684. The molecule has 2 heteroatoms. The molecule has 1 nitrogen and oxygen atoms in total. The predicted octanol–water partition coefficient (Wildman–Crippen LogP) is 5.03. The van der Waals surface area contributed by atoms with Crippen LogP contribution in [-0.2, 0) is 6.42 Å². The van der Waals surface area contributed by atoms with Gasteiger partial charge in [0.05, 0.1) is 0 Å². The molecule has 1 N–H and O–H groups in total. The summed E-state index contributed by atoms with van der Waals surface area (Å²) < 4.78 is 0. The molecule has 0 radical (unpaired) electrons. The van der Waals surface area contributed by atoms with Gasteiger partial charge in [0, 0.05) is 6.54 Å². The lowest BCUT2D eigenvalue weighted by Crippen LogP contribution is -2.43. The van der Waals surface area contributed by atoms with Crippen molar-refractivity contribution in [2.75, 3.05) is 6.54 Å². The molecule has 0 saturated heterocycles. The van der Waals surface area contributed by atoms with Gasteiger partial charge in [-0.1, -0.05) is 54.8 Å². The molecule has 4 atom stereocenters. The quantitative estimate of drug-likeness (QED) is 0.773. The Bertz CT molecular complexity index is 506. The average Bonchev–Trinajstić information content (AvgIpc) is 2.46. The lowest BCUT2D eigenvalue weighted by Gasteiger charge is -2.49. The van der Waals surface area contributed by atoms with Crippen LogP contribution in [0.1, 0.15) is 75.0 Å². The van der Waals surface area contributed by atoms with E-state index in [9.17, 15) is 0 Å². The molecule has 2 aliphatic carbocycles. The molecule has 0 spiro atoms. The highest BCUT2D eigenvalue weighted by Gasteiger charge is 2.44. The van der Waals surface area contributed by atoms with Crippen molar-refractivity contribution in [3.05, 3.63) is 34.9 Å². The van der Waals surface area contributed by atoms with Crippen LogP contribution in [0.15, 0.2) is 18.2 Å². The van der Waals surface area contributed by atoms with Crippen LogP contribution in [0.25, 0.3) is 0 Å². The Hall–Kier alpha value is -0.390. The van der Waals surface area contributed by atoms with Crippen LogP contribution in [0.4, 0.5) is 0 Å². The summed E-state index contributed by atoms with van der Waals surface area (Å²) in [4.78, 5) is 0. The Morgan fingerprint density at radius 3 is 2.86 bits per heavy atom. The lowest BCUT2D eigenvalue weighted by molar-refractivity contribution is 0.0833. The maximum atomic E-state index is 3.38. The number of nitrogens with one attached hydrogen (secondary N) is 1. The van der Waals surface area contributed by atoms with E-state index in [4.69, 9.17) is 0 Å². The van der Waals surface area contributed by atoms with Crippen LogP contribution >= 0.6 is 9.39 Å². The summed E-state index contributed by atoms with van der Waals surface area (Å²) >= 11 is 0. The third-order valence-corrected chi connectivity index (χ3v) is 6.31. The van der Waals surface area contributed by atoms with Crippen molar-refractivity contribution in [1.29, 1.82) is 0 Å². The molecule has 0 heterocycles. The Morgan fingerprint density at radius 2 is 2.14 bits per heavy atom. The van der Waals surface area contributed by atoms with Gasteiger partial charge in [0.25, 0.3) is 0 Å². The van der Waals surface area contributed by atoms with Crippen molar-refractivity contribution in [1.82, 2.24) is 5.09 Å². The second-order valence-corrected chi connectivity index (χ2v) is 8.20. The minimum atomic E-state index is 0.471. The standard InChI is InChI=1S/C19H30NP/c1-13(2)14-6-8-16-15(11-14)7-9-18-17(16)5-4-10-19(18,3)12-20-21/h6,8,11,13,17-18,20H,4-5,7,9-10,12,21H2,1-3H3. The van der Waals surface area contributed by atoms with Gasteiger partial charge in [0.1, 0.15) is 0 Å². The Kier molecular flexibility index (Phi) is 4.44. The van der Waals surface area contributed by atoms with Gasteiger partial charge < -0.3 is 5.09 Å². The average molecular weight is 303 g/mol. The molecule has 0 aromatic heterocycles. The second kappa shape index (κ2) is 6.01. The molecule has 0 aliphatic heterocycles. The molecule has 3 rings (SSSR count). The van der Waals surface area contributed by atoms with E-state index in [1.54, 1.807) is 11.1 Å². The molecule has 116 valence electrons. The third-order valence-electron chi connectivity index (χ3n) is 6.11. The summed E-state index contributed by atoms with van der Waals surface area (Å²) in [5.41, 5.74) is 5.30. The van der Waals surface area contributed by atoms with Gasteiger partial charge in [-0.2, -0.15) is 0 Å². The van der Waals surface area contributed by atoms with Crippen molar-refractivity contribution < 1.29 is 0 Å². The van der Waals surface area contributed by atoms with E-state index in [1.807, 2.05) is 0 Å². The van der Waals surface area contributed by atoms with E-state index in [0.29, 0.717) is 11.3 Å². The summed E-state index contributed by atoms with van der Waals surface area (Å²) in [7, 11) is 2.70. The summed E-state index contributed by atoms with van der Waals surface area (Å²) in [5, 5.41) is 3.38. The number of benzene rings is 1. The minimum absolute atomic E-state index is 0.471. The topological polar surface area (TPSA) is 12.0 Å². The smallest absolute Gasteiger partial charge is 0.00425 e.